The van der Waals surface area contributed by atoms with E-state index in [1.807, 2.05) is 11.8 Å². The third kappa shape index (κ3) is 4.14. The molecule has 0 amide bonds. The minimum atomic E-state index is 0.365. The first-order valence-corrected chi connectivity index (χ1v) is 9.19. The van der Waals surface area contributed by atoms with Crippen molar-refractivity contribution in [3.05, 3.63) is 0 Å². The van der Waals surface area contributed by atoms with Gasteiger partial charge in [0.25, 0.3) is 0 Å². The summed E-state index contributed by atoms with van der Waals surface area (Å²) in [5.41, 5.74) is 0.365. The van der Waals surface area contributed by atoms with Gasteiger partial charge in [0.1, 0.15) is 0 Å². The average Bonchev–Trinajstić information content (AvgIpc) is 2.80. The highest BCUT2D eigenvalue weighted by atomic mass is 32.2. The van der Waals surface area contributed by atoms with Crippen molar-refractivity contribution in [3.63, 3.8) is 0 Å². The Morgan fingerprint density at radius 3 is 3.05 bits per heavy atom. The quantitative estimate of drug-likeness (QED) is 0.843. The first-order chi connectivity index (χ1) is 9.54. The second-order valence-electron chi connectivity index (χ2n) is 6.82. The second-order valence-corrected chi connectivity index (χ2v) is 7.78. The molecule has 1 saturated carbocycles. The van der Waals surface area contributed by atoms with E-state index in [1.165, 1.54) is 43.0 Å². The van der Waals surface area contributed by atoms with Gasteiger partial charge in [-0.15, -0.1) is 0 Å². The molecule has 1 heterocycles. The van der Waals surface area contributed by atoms with Crippen LogP contribution >= 0.6 is 11.8 Å². The van der Waals surface area contributed by atoms with Gasteiger partial charge in [0, 0.05) is 23.9 Å². The van der Waals surface area contributed by atoms with Crippen LogP contribution in [0.5, 0.6) is 0 Å². The molecule has 20 heavy (non-hydrogen) atoms. The fraction of sp³-hybridized carbons (Fsp3) is 0.938. The van der Waals surface area contributed by atoms with E-state index in [1.54, 1.807) is 0 Å². The topological polar surface area (TPSA) is 27.6 Å². The van der Waals surface area contributed by atoms with Gasteiger partial charge in [-0.05, 0) is 39.2 Å². The summed E-state index contributed by atoms with van der Waals surface area (Å²) >= 11 is 1.94. The molecule has 1 aliphatic carbocycles. The van der Waals surface area contributed by atoms with E-state index in [2.05, 4.69) is 38.0 Å². The number of amidine groups is 1. The molecule has 116 valence electrons. The largest absolute Gasteiger partial charge is 0.359 e. The molecular weight excluding hydrogens is 266 g/mol. The van der Waals surface area contributed by atoms with Crippen LogP contribution in [0.1, 0.15) is 52.9 Å². The maximum absolute atomic E-state index is 4.78. The number of likely N-dealkylation sites (N-methyl/N-ethyl adjacent to an activating group) is 1. The second kappa shape index (κ2) is 7.17. The van der Waals surface area contributed by atoms with Crippen LogP contribution in [0, 0.1) is 5.92 Å². The van der Waals surface area contributed by atoms with E-state index >= 15 is 0 Å². The Balaban J connectivity index is 1.79. The molecule has 0 aromatic rings. The monoisotopic (exact) mass is 297 g/mol. The van der Waals surface area contributed by atoms with Crippen LogP contribution in [0.25, 0.3) is 0 Å². The fourth-order valence-electron chi connectivity index (χ4n) is 3.34. The summed E-state index contributed by atoms with van der Waals surface area (Å²) in [6.07, 6.45) is 6.64. The van der Waals surface area contributed by atoms with Crippen LogP contribution < -0.4 is 5.32 Å². The van der Waals surface area contributed by atoms with Gasteiger partial charge in [-0.25, -0.2) is 0 Å². The first-order valence-electron chi connectivity index (χ1n) is 8.20. The molecule has 3 nitrogen and oxygen atoms in total. The van der Waals surface area contributed by atoms with Gasteiger partial charge in [-0.3, -0.25) is 4.99 Å². The lowest BCUT2D eigenvalue weighted by molar-refractivity contribution is 0.242. The minimum Gasteiger partial charge on any atom is -0.359 e. The molecule has 2 aliphatic rings. The SMILES string of the molecule is CCC(C)N(C)CCN=C1NC2(CCCC(C)C2)CS1. The van der Waals surface area contributed by atoms with Crippen LogP contribution in [0.2, 0.25) is 0 Å². The van der Waals surface area contributed by atoms with Crippen molar-refractivity contribution in [1.29, 1.82) is 0 Å². The average molecular weight is 298 g/mol. The summed E-state index contributed by atoms with van der Waals surface area (Å²) in [5.74, 6) is 2.09. The molecule has 0 aromatic heterocycles. The van der Waals surface area contributed by atoms with Gasteiger partial charge < -0.3 is 10.2 Å². The Kier molecular flexibility index (Phi) is 5.79. The predicted molar refractivity (Wildman–Crippen MR) is 90.6 cm³/mol. The number of thioether (sulfide) groups is 1. The van der Waals surface area contributed by atoms with E-state index in [0.717, 1.165) is 19.0 Å². The number of rotatable bonds is 5. The van der Waals surface area contributed by atoms with E-state index in [0.29, 0.717) is 11.6 Å². The number of nitrogens with zero attached hydrogens (tertiary/aromatic N) is 2. The lowest BCUT2D eigenvalue weighted by Crippen LogP contribution is -2.47. The van der Waals surface area contributed by atoms with Crippen LogP contribution in [0.15, 0.2) is 4.99 Å². The molecule has 1 spiro atoms. The number of aliphatic imine (C=N–C) groups is 1. The Morgan fingerprint density at radius 2 is 2.35 bits per heavy atom. The fourth-order valence-corrected chi connectivity index (χ4v) is 4.56. The molecule has 2 fully saturated rings. The Bertz CT molecular complexity index is 345. The summed E-state index contributed by atoms with van der Waals surface area (Å²) in [4.78, 5) is 7.19. The first kappa shape index (κ1) is 16.2. The highest BCUT2D eigenvalue weighted by Gasteiger charge is 2.40. The maximum Gasteiger partial charge on any atom is 0.157 e. The van der Waals surface area contributed by atoms with Gasteiger partial charge in [0.15, 0.2) is 5.17 Å². The number of nitrogens with one attached hydrogen (secondary N) is 1. The molecule has 1 aliphatic heterocycles. The van der Waals surface area contributed by atoms with Gasteiger partial charge in [-0.1, -0.05) is 38.5 Å². The molecule has 0 bridgehead atoms. The molecule has 3 unspecified atom stereocenters. The Labute approximate surface area is 129 Å². The van der Waals surface area contributed by atoms with Crippen LogP contribution in [0.3, 0.4) is 0 Å². The van der Waals surface area contributed by atoms with Crippen LogP contribution in [0.4, 0.5) is 0 Å². The molecule has 1 N–H and O–H groups in total. The molecule has 0 radical (unpaired) electrons. The van der Waals surface area contributed by atoms with Crippen molar-refractivity contribution in [3.8, 4) is 0 Å². The molecule has 4 heteroatoms. The van der Waals surface area contributed by atoms with Crippen LogP contribution in [-0.4, -0.2) is 47.5 Å². The Morgan fingerprint density at radius 1 is 1.55 bits per heavy atom. The zero-order chi connectivity index (χ0) is 14.6. The van der Waals surface area contributed by atoms with Crippen LogP contribution in [-0.2, 0) is 0 Å². The van der Waals surface area contributed by atoms with E-state index < -0.39 is 0 Å². The zero-order valence-electron chi connectivity index (χ0n) is 13.6. The summed E-state index contributed by atoms with van der Waals surface area (Å²) in [6, 6.07) is 0.657. The summed E-state index contributed by atoms with van der Waals surface area (Å²) in [6.45, 7) is 8.90. The van der Waals surface area contributed by atoms with Crippen molar-refractivity contribution in [2.75, 3.05) is 25.9 Å². The highest BCUT2D eigenvalue weighted by molar-refractivity contribution is 8.14. The lowest BCUT2D eigenvalue weighted by Gasteiger charge is -2.36. The Hall–Kier alpha value is -0.220. The standard InChI is InChI=1S/C16H31N3S/c1-5-14(3)19(4)10-9-17-15-18-16(12-20-15)8-6-7-13(2)11-16/h13-14H,5-12H2,1-4H3,(H,17,18). The van der Waals surface area contributed by atoms with Crippen molar-refractivity contribution in [2.45, 2.75) is 64.5 Å². The van der Waals surface area contributed by atoms with Gasteiger partial charge in [0.2, 0.25) is 0 Å². The summed E-state index contributed by atoms with van der Waals surface area (Å²) < 4.78 is 0. The summed E-state index contributed by atoms with van der Waals surface area (Å²) in [5, 5.41) is 4.94. The molecule has 1 saturated heterocycles. The van der Waals surface area contributed by atoms with Gasteiger partial charge in [0.05, 0.1) is 6.54 Å². The normalized spacial score (nSPS) is 33.9. The van der Waals surface area contributed by atoms with E-state index in [4.69, 9.17) is 4.99 Å². The highest BCUT2D eigenvalue weighted by Crippen LogP contribution is 2.38. The van der Waals surface area contributed by atoms with Crippen molar-refractivity contribution in [2.24, 2.45) is 10.9 Å². The number of hydrogen-bond acceptors (Lipinski definition) is 3. The van der Waals surface area contributed by atoms with E-state index in [9.17, 15) is 0 Å². The third-order valence-corrected chi connectivity index (χ3v) is 6.20. The predicted octanol–water partition coefficient (Wildman–Crippen LogP) is 3.36. The van der Waals surface area contributed by atoms with E-state index in [-0.39, 0.29) is 0 Å². The lowest BCUT2D eigenvalue weighted by atomic mass is 9.78. The molecular formula is C16H31N3S. The van der Waals surface area contributed by atoms with Gasteiger partial charge >= 0.3 is 0 Å². The minimum absolute atomic E-state index is 0.365. The van der Waals surface area contributed by atoms with Crippen molar-refractivity contribution < 1.29 is 0 Å². The van der Waals surface area contributed by atoms with Gasteiger partial charge in [-0.2, -0.15) is 0 Å². The zero-order valence-corrected chi connectivity index (χ0v) is 14.4. The number of hydrogen-bond donors (Lipinski definition) is 1. The molecule has 2 rings (SSSR count). The smallest absolute Gasteiger partial charge is 0.157 e. The molecule has 3 atom stereocenters. The maximum atomic E-state index is 4.78. The summed E-state index contributed by atoms with van der Waals surface area (Å²) in [7, 11) is 2.20. The van der Waals surface area contributed by atoms with Crippen molar-refractivity contribution >= 4 is 16.9 Å². The van der Waals surface area contributed by atoms with Crippen molar-refractivity contribution in [1.82, 2.24) is 10.2 Å². The molecule has 0 aromatic carbocycles. The third-order valence-electron chi connectivity index (χ3n) is 5.00.